The Bertz CT molecular complexity index is 1120. The van der Waals surface area contributed by atoms with Crippen LogP contribution in [0, 0.1) is 0 Å². The van der Waals surface area contributed by atoms with Gasteiger partial charge in [-0.3, -0.25) is 4.79 Å². The van der Waals surface area contributed by atoms with E-state index in [9.17, 15) is 4.79 Å². The minimum Gasteiger partial charge on any atom is -0.361 e. The highest BCUT2D eigenvalue weighted by Crippen LogP contribution is 2.40. The van der Waals surface area contributed by atoms with Crippen LogP contribution in [0.2, 0.25) is 5.02 Å². The summed E-state index contributed by atoms with van der Waals surface area (Å²) in [6.07, 6.45) is 2.90. The Morgan fingerprint density at radius 3 is 2.84 bits per heavy atom. The Morgan fingerprint density at radius 2 is 1.92 bits per heavy atom. The van der Waals surface area contributed by atoms with Crippen molar-refractivity contribution >= 4 is 39.3 Å². The van der Waals surface area contributed by atoms with E-state index in [2.05, 4.69) is 21.4 Å². The Hall–Kier alpha value is -2.72. The van der Waals surface area contributed by atoms with E-state index in [1.807, 2.05) is 42.6 Å². The van der Waals surface area contributed by atoms with E-state index in [0.29, 0.717) is 12.2 Å². The van der Waals surface area contributed by atoms with Gasteiger partial charge in [0, 0.05) is 45.5 Å². The summed E-state index contributed by atoms with van der Waals surface area (Å²) in [6, 6.07) is 14.0. The molecule has 1 aliphatic heterocycles. The van der Waals surface area contributed by atoms with Crippen LogP contribution in [-0.4, -0.2) is 22.4 Å². The van der Waals surface area contributed by atoms with Crippen molar-refractivity contribution in [3.8, 4) is 0 Å². The van der Waals surface area contributed by atoms with Crippen molar-refractivity contribution in [3.05, 3.63) is 70.5 Å². The summed E-state index contributed by atoms with van der Waals surface area (Å²) in [4.78, 5) is 19.2. The quantitative estimate of drug-likeness (QED) is 0.463. The summed E-state index contributed by atoms with van der Waals surface area (Å²) in [7, 11) is 0. The summed E-state index contributed by atoms with van der Waals surface area (Å²) in [6.45, 7) is 0.646. The van der Waals surface area contributed by atoms with E-state index in [0.717, 1.165) is 38.8 Å². The van der Waals surface area contributed by atoms with Gasteiger partial charge in [-0.2, -0.15) is 0 Å². The van der Waals surface area contributed by atoms with Crippen molar-refractivity contribution in [1.29, 1.82) is 0 Å². The standard InChI is InChI=1S/C20H16ClN3O/c21-11-5-6-16-14(9-11)15(10-23-16)12-7-8-22-20(25)19-18(12)13-3-1-2-4-17(13)24-19/h1-6,9-10,12,23-24H,7-8H2,(H,22,25). The lowest BCUT2D eigenvalue weighted by Gasteiger charge is -2.15. The van der Waals surface area contributed by atoms with Crippen LogP contribution in [0.4, 0.5) is 0 Å². The number of benzene rings is 2. The van der Waals surface area contributed by atoms with Gasteiger partial charge >= 0.3 is 0 Å². The van der Waals surface area contributed by atoms with E-state index >= 15 is 0 Å². The zero-order valence-electron chi connectivity index (χ0n) is 13.4. The number of halogens is 1. The molecule has 0 radical (unpaired) electrons. The number of carbonyl (C=O) groups is 1. The van der Waals surface area contributed by atoms with Crippen molar-refractivity contribution in [2.24, 2.45) is 0 Å². The molecule has 0 bridgehead atoms. The van der Waals surface area contributed by atoms with Crippen molar-refractivity contribution in [3.63, 3.8) is 0 Å². The average Bonchev–Trinajstić information content (AvgIpc) is 3.16. The number of amides is 1. The number of hydrogen-bond acceptors (Lipinski definition) is 1. The van der Waals surface area contributed by atoms with Gasteiger partial charge in [0.2, 0.25) is 0 Å². The number of fused-ring (bicyclic) bond motifs is 4. The van der Waals surface area contributed by atoms with Crippen molar-refractivity contribution < 1.29 is 4.79 Å². The van der Waals surface area contributed by atoms with Crippen LogP contribution in [0.25, 0.3) is 21.8 Å². The molecule has 5 heteroatoms. The second kappa shape index (κ2) is 5.39. The number of aromatic amines is 2. The molecule has 1 amide bonds. The number of para-hydroxylation sites is 1. The fourth-order valence-corrected chi connectivity index (χ4v) is 4.15. The summed E-state index contributed by atoms with van der Waals surface area (Å²) in [5, 5.41) is 5.95. The van der Waals surface area contributed by atoms with E-state index in [1.165, 1.54) is 5.56 Å². The number of aromatic nitrogens is 2. The van der Waals surface area contributed by atoms with Crippen molar-refractivity contribution in [2.45, 2.75) is 12.3 Å². The fraction of sp³-hybridized carbons (Fsp3) is 0.150. The molecule has 5 rings (SSSR count). The first kappa shape index (κ1) is 14.6. The molecular formula is C20H16ClN3O. The molecular weight excluding hydrogens is 334 g/mol. The zero-order chi connectivity index (χ0) is 17.0. The molecule has 0 saturated carbocycles. The fourth-order valence-electron chi connectivity index (χ4n) is 3.98. The molecule has 3 N–H and O–H groups in total. The monoisotopic (exact) mass is 349 g/mol. The minimum absolute atomic E-state index is 0.0356. The molecule has 2 aromatic heterocycles. The molecule has 3 heterocycles. The van der Waals surface area contributed by atoms with Crippen LogP contribution in [-0.2, 0) is 0 Å². The lowest BCUT2D eigenvalue weighted by Crippen LogP contribution is -2.23. The third-order valence-electron chi connectivity index (χ3n) is 5.09. The molecule has 4 aromatic rings. The summed E-state index contributed by atoms with van der Waals surface area (Å²) in [5.74, 6) is 0.0869. The Morgan fingerprint density at radius 1 is 1.04 bits per heavy atom. The number of nitrogens with one attached hydrogen (secondary N) is 3. The van der Waals surface area contributed by atoms with Gasteiger partial charge < -0.3 is 15.3 Å². The lowest BCUT2D eigenvalue weighted by atomic mass is 9.87. The van der Waals surface area contributed by atoms with E-state index in [1.54, 1.807) is 0 Å². The van der Waals surface area contributed by atoms with E-state index in [4.69, 9.17) is 11.6 Å². The predicted molar refractivity (Wildman–Crippen MR) is 100 cm³/mol. The highest BCUT2D eigenvalue weighted by Gasteiger charge is 2.29. The van der Waals surface area contributed by atoms with Crippen LogP contribution in [0.15, 0.2) is 48.7 Å². The van der Waals surface area contributed by atoms with E-state index < -0.39 is 0 Å². The molecule has 1 atom stereocenters. The highest BCUT2D eigenvalue weighted by atomic mass is 35.5. The van der Waals surface area contributed by atoms with Crippen LogP contribution in [0.3, 0.4) is 0 Å². The van der Waals surface area contributed by atoms with Gasteiger partial charge in [-0.1, -0.05) is 29.8 Å². The molecule has 4 nitrogen and oxygen atoms in total. The first-order valence-corrected chi connectivity index (χ1v) is 8.75. The van der Waals surface area contributed by atoms with Crippen LogP contribution < -0.4 is 5.32 Å². The van der Waals surface area contributed by atoms with Gasteiger partial charge in [-0.15, -0.1) is 0 Å². The molecule has 1 unspecified atom stereocenters. The lowest BCUT2D eigenvalue weighted by molar-refractivity contribution is 0.0952. The molecule has 0 aliphatic carbocycles. The van der Waals surface area contributed by atoms with Crippen LogP contribution in [0.5, 0.6) is 0 Å². The second-order valence-electron chi connectivity index (χ2n) is 6.49. The second-order valence-corrected chi connectivity index (χ2v) is 6.93. The third kappa shape index (κ3) is 2.18. The Labute approximate surface area is 149 Å². The van der Waals surface area contributed by atoms with Crippen molar-refractivity contribution in [1.82, 2.24) is 15.3 Å². The number of carbonyl (C=O) groups excluding carboxylic acids is 1. The topological polar surface area (TPSA) is 60.7 Å². The smallest absolute Gasteiger partial charge is 0.268 e. The van der Waals surface area contributed by atoms with E-state index in [-0.39, 0.29) is 11.8 Å². The van der Waals surface area contributed by atoms with Gasteiger partial charge in [-0.25, -0.2) is 0 Å². The third-order valence-corrected chi connectivity index (χ3v) is 5.33. The first-order chi connectivity index (χ1) is 12.2. The number of H-pyrrole nitrogens is 2. The Balaban J connectivity index is 1.80. The molecule has 0 fully saturated rings. The normalized spacial score (nSPS) is 17.5. The molecule has 0 spiro atoms. The maximum absolute atomic E-state index is 12.5. The highest BCUT2D eigenvalue weighted by molar-refractivity contribution is 6.31. The molecule has 25 heavy (non-hydrogen) atoms. The molecule has 1 aliphatic rings. The Kier molecular flexibility index (Phi) is 3.15. The van der Waals surface area contributed by atoms with Gasteiger partial charge in [0.05, 0.1) is 0 Å². The largest absolute Gasteiger partial charge is 0.361 e. The zero-order valence-corrected chi connectivity index (χ0v) is 14.2. The maximum atomic E-state index is 12.5. The predicted octanol–water partition coefficient (Wildman–Crippen LogP) is 4.57. The van der Waals surface area contributed by atoms with Gasteiger partial charge in [-0.05, 0) is 41.8 Å². The van der Waals surface area contributed by atoms with Gasteiger partial charge in [0.1, 0.15) is 5.69 Å². The van der Waals surface area contributed by atoms with Crippen LogP contribution >= 0.6 is 11.6 Å². The summed E-state index contributed by atoms with van der Waals surface area (Å²) in [5.41, 5.74) is 4.98. The average molecular weight is 350 g/mol. The summed E-state index contributed by atoms with van der Waals surface area (Å²) < 4.78 is 0. The summed E-state index contributed by atoms with van der Waals surface area (Å²) >= 11 is 6.23. The number of rotatable bonds is 1. The maximum Gasteiger partial charge on any atom is 0.268 e. The van der Waals surface area contributed by atoms with Crippen molar-refractivity contribution in [2.75, 3.05) is 6.54 Å². The molecule has 2 aromatic carbocycles. The molecule has 124 valence electrons. The molecule has 0 saturated heterocycles. The SMILES string of the molecule is O=C1NCCC(c2c[nH]c3ccc(Cl)cc23)c2c1[nH]c1ccccc21. The van der Waals surface area contributed by atoms with Crippen LogP contribution in [0.1, 0.15) is 34.0 Å². The number of hydrogen-bond donors (Lipinski definition) is 3. The minimum atomic E-state index is -0.0356. The van der Waals surface area contributed by atoms with Gasteiger partial charge in [0.25, 0.3) is 5.91 Å². The van der Waals surface area contributed by atoms with Gasteiger partial charge in [0.15, 0.2) is 0 Å². The first-order valence-electron chi connectivity index (χ1n) is 8.37.